The van der Waals surface area contributed by atoms with Gasteiger partial charge in [0.25, 0.3) is 0 Å². The quantitative estimate of drug-likeness (QED) is 0.686. The predicted octanol–water partition coefficient (Wildman–Crippen LogP) is 1.72. The third kappa shape index (κ3) is 1.95. The number of nitrogens with zero attached hydrogens (tertiary/aromatic N) is 4. The van der Waals surface area contributed by atoms with E-state index in [1.165, 1.54) is 23.3 Å². The highest BCUT2D eigenvalue weighted by molar-refractivity contribution is 5.69. The summed E-state index contributed by atoms with van der Waals surface area (Å²) in [6, 6.07) is 5.71. The molecule has 90 valence electrons. The van der Waals surface area contributed by atoms with Gasteiger partial charge in [-0.15, -0.1) is 0 Å². The number of rotatable bonds is 2. The van der Waals surface area contributed by atoms with E-state index >= 15 is 0 Å². The average molecular weight is 242 g/mol. The van der Waals surface area contributed by atoms with Gasteiger partial charge in [0.15, 0.2) is 0 Å². The van der Waals surface area contributed by atoms with Crippen molar-refractivity contribution >= 4 is 11.7 Å². The van der Waals surface area contributed by atoms with Crippen LogP contribution in [0.3, 0.4) is 0 Å². The van der Waals surface area contributed by atoms with Gasteiger partial charge in [-0.25, -0.2) is 19.3 Å². The summed E-state index contributed by atoms with van der Waals surface area (Å²) in [7, 11) is 0. The molecule has 3 aromatic heterocycles. The summed E-state index contributed by atoms with van der Waals surface area (Å²) in [6.07, 6.45) is 7.70. The molecule has 6 nitrogen and oxygen atoms in total. The van der Waals surface area contributed by atoms with Gasteiger partial charge < -0.3 is 9.14 Å². The van der Waals surface area contributed by atoms with Gasteiger partial charge in [0, 0.05) is 24.8 Å². The summed E-state index contributed by atoms with van der Waals surface area (Å²) in [5.41, 5.74) is 1.53. The van der Waals surface area contributed by atoms with E-state index in [0.717, 1.165) is 5.65 Å². The molecule has 0 aliphatic heterocycles. The lowest BCUT2D eigenvalue weighted by atomic mass is 10.5. The van der Waals surface area contributed by atoms with Gasteiger partial charge in [-0.1, -0.05) is 6.07 Å². The second kappa shape index (κ2) is 4.33. The van der Waals surface area contributed by atoms with Crippen LogP contribution in [0.5, 0.6) is 0 Å². The van der Waals surface area contributed by atoms with Crippen molar-refractivity contribution in [3.63, 3.8) is 0 Å². The maximum atomic E-state index is 11.6. The summed E-state index contributed by atoms with van der Waals surface area (Å²) in [5.74, 6) is 0. The summed E-state index contributed by atoms with van der Waals surface area (Å²) in [5, 5.41) is 0. The van der Waals surface area contributed by atoms with Crippen LogP contribution in [0.15, 0.2) is 49.3 Å². The molecule has 18 heavy (non-hydrogen) atoms. The smallest absolute Gasteiger partial charge is 0.419 e. The van der Waals surface area contributed by atoms with Gasteiger partial charge in [0.2, 0.25) is 0 Å². The van der Waals surface area contributed by atoms with Crippen LogP contribution in [0.25, 0.3) is 5.65 Å². The molecule has 0 amide bonds. The fourth-order valence-electron chi connectivity index (χ4n) is 1.63. The normalized spacial score (nSPS) is 10.7. The number of carbonyl (C=O) groups excluding carboxylic acids is 1. The summed E-state index contributed by atoms with van der Waals surface area (Å²) >= 11 is 0. The van der Waals surface area contributed by atoms with Crippen molar-refractivity contribution < 1.29 is 9.53 Å². The maximum Gasteiger partial charge on any atom is 0.419 e. The van der Waals surface area contributed by atoms with Crippen LogP contribution in [0.2, 0.25) is 0 Å². The van der Waals surface area contributed by atoms with Gasteiger partial charge in [0.1, 0.15) is 18.6 Å². The fraction of sp³-hybridized carbons (Fsp3) is 0.0833. The molecule has 3 heterocycles. The Bertz CT molecular complexity index is 639. The van der Waals surface area contributed by atoms with Crippen molar-refractivity contribution in [2.45, 2.75) is 6.61 Å². The Morgan fingerprint density at radius 2 is 2.28 bits per heavy atom. The van der Waals surface area contributed by atoms with E-state index in [1.807, 2.05) is 35.0 Å². The van der Waals surface area contributed by atoms with Crippen molar-refractivity contribution in [1.82, 2.24) is 18.9 Å². The Hall–Kier alpha value is -2.63. The molecule has 0 spiro atoms. The van der Waals surface area contributed by atoms with Crippen LogP contribution in [0.1, 0.15) is 5.69 Å². The van der Waals surface area contributed by atoms with Gasteiger partial charge >= 0.3 is 6.09 Å². The molecular formula is C12H10N4O2. The molecule has 0 N–H and O–H groups in total. The van der Waals surface area contributed by atoms with Crippen LogP contribution in [0.4, 0.5) is 4.79 Å². The molecule has 0 fully saturated rings. The first-order valence-corrected chi connectivity index (χ1v) is 5.40. The van der Waals surface area contributed by atoms with Crippen molar-refractivity contribution in [3.8, 4) is 0 Å². The van der Waals surface area contributed by atoms with E-state index in [9.17, 15) is 4.79 Å². The van der Waals surface area contributed by atoms with E-state index in [0.29, 0.717) is 5.69 Å². The Balaban J connectivity index is 1.71. The lowest BCUT2D eigenvalue weighted by Crippen LogP contribution is -2.11. The van der Waals surface area contributed by atoms with E-state index in [2.05, 4.69) is 9.97 Å². The summed E-state index contributed by atoms with van der Waals surface area (Å²) in [6.45, 7) is 0.138. The van der Waals surface area contributed by atoms with Crippen molar-refractivity contribution in [3.05, 3.63) is 55.0 Å². The minimum Gasteiger partial charge on any atom is -0.442 e. The van der Waals surface area contributed by atoms with E-state index in [4.69, 9.17) is 4.74 Å². The number of hydrogen-bond acceptors (Lipinski definition) is 4. The second-order valence-corrected chi connectivity index (χ2v) is 3.72. The van der Waals surface area contributed by atoms with Gasteiger partial charge in [-0.3, -0.25) is 0 Å². The molecule has 0 aliphatic carbocycles. The fourth-order valence-corrected chi connectivity index (χ4v) is 1.63. The maximum absolute atomic E-state index is 11.6. The standard InChI is InChI=1S/C12H10N4O2/c17-12(16-6-4-13-9-16)18-8-10-7-15-5-2-1-3-11(15)14-10/h1-7,9H,8H2. The van der Waals surface area contributed by atoms with Gasteiger partial charge in [-0.2, -0.15) is 0 Å². The molecule has 0 saturated carbocycles. The minimum absolute atomic E-state index is 0.138. The number of pyridine rings is 1. The Morgan fingerprint density at radius 1 is 1.33 bits per heavy atom. The molecule has 0 atom stereocenters. The minimum atomic E-state index is -0.468. The second-order valence-electron chi connectivity index (χ2n) is 3.72. The zero-order valence-corrected chi connectivity index (χ0v) is 9.43. The number of aromatic nitrogens is 4. The largest absolute Gasteiger partial charge is 0.442 e. The van der Waals surface area contributed by atoms with Crippen LogP contribution in [0, 0.1) is 0 Å². The topological polar surface area (TPSA) is 61.4 Å². The monoisotopic (exact) mass is 242 g/mol. The van der Waals surface area contributed by atoms with E-state index in [-0.39, 0.29) is 6.61 Å². The average Bonchev–Trinajstić information content (AvgIpc) is 3.04. The first-order chi connectivity index (χ1) is 8.83. The SMILES string of the molecule is O=C(OCc1cn2ccccc2n1)n1ccnc1. The number of ether oxygens (including phenoxy) is 1. The molecule has 3 aromatic rings. The zero-order chi connectivity index (χ0) is 12.4. The first kappa shape index (κ1) is 10.5. The van der Waals surface area contributed by atoms with Crippen molar-refractivity contribution in [2.24, 2.45) is 0 Å². The Labute approximate surface area is 102 Å². The summed E-state index contributed by atoms with van der Waals surface area (Å²) < 4.78 is 8.26. The van der Waals surface area contributed by atoms with Crippen LogP contribution in [-0.4, -0.2) is 25.0 Å². The first-order valence-electron chi connectivity index (χ1n) is 5.40. The highest BCUT2D eigenvalue weighted by Gasteiger charge is 2.07. The third-order valence-corrected chi connectivity index (χ3v) is 2.47. The molecule has 0 aliphatic rings. The van der Waals surface area contributed by atoms with Crippen LogP contribution >= 0.6 is 0 Å². The zero-order valence-electron chi connectivity index (χ0n) is 9.43. The number of hydrogen-bond donors (Lipinski definition) is 0. The van der Waals surface area contributed by atoms with Gasteiger partial charge in [0.05, 0.1) is 5.69 Å². The van der Waals surface area contributed by atoms with Crippen LogP contribution in [-0.2, 0) is 11.3 Å². The Kier molecular flexibility index (Phi) is 2.53. The number of fused-ring (bicyclic) bond motifs is 1. The number of carbonyl (C=O) groups is 1. The lowest BCUT2D eigenvalue weighted by Gasteiger charge is -2.01. The lowest BCUT2D eigenvalue weighted by molar-refractivity contribution is 0.140. The number of imidazole rings is 2. The molecule has 0 unspecified atom stereocenters. The molecular weight excluding hydrogens is 232 g/mol. The third-order valence-electron chi connectivity index (χ3n) is 2.47. The van der Waals surface area contributed by atoms with Crippen molar-refractivity contribution in [2.75, 3.05) is 0 Å². The summed E-state index contributed by atoms with van der Waals surface area (Å²) in [4.78, 5) is 19.7. The van der Waals surface area contributed by atoms with Gasteiger partial charge in [-0.05, 0) is 12.1 Å². The molecule has 0 saturated heterocycles. The molecule has 0 bridgehead atoms. The Morgan fingerprint density at radius 3 is 3.06 bits per heavy atom. The van der Waals surface area contributed by atoms with Crippen molar-refractivity contribution in [1.29, 1.82) is 0 Å². The van der Waals surface area contributed by atoms with E-state index in [1.54, 1.807) is 0 Å². The molecule has 6 heteroatoms. The highest BCUT2D eigenvalue weighted by Crippen LogP contribution is 2.06. The van der Waals surface area contributed by atoms with Crippen LogP contribution < -0.4 is 0 Å². The highest BCUT2D eigenvalue weighted by atomic mass is 16.5. The predicted molar refractivity (Wildman–Crippen MR) is 63.0 cm³/mol. The molecule has 3 rings (SSSR count). The molecule has 0 aromatic carbocycles. The van der Waals surface area contributed by atoms with E-state index < -0.39 is 6.09 Å². The molecule has 0 radical (unpaired) electrons.